The fraction of sp³-hybridized carbons (Fsp3) is 0.238. The van der Waals surface area contributed by atoms with Crippen molar-refractivity contribution in [1.29, 1.82) is 0 Å². The maximum absolute atomic E-state index is 4.66. The first-order chi connectivity index (χ1) is 13.6. The van der Waals surface area contributed by atoms with Crippen LogP contribution in [0.5, 0.6) is 0 Å². The van der Waals surface area contributed by atoms with Gasteiger partial charge in [0, 0.05) is 30.6 Å². The summed E-state index contributed by atoms with van der Waals surface area (Å²) in [6, 6.07) is 12.5. The monoisotopic (exact) mass is 373 g/mol. The number of hydrogen-bond donors (Lipinski definition) is 2. The highest BCUT2D eigenvalue weighted by Gasteiger charge is 2.10. The Morgan fingerprint density at radius 1 is 1.11 bits per heavy atom. The van der Waals surface area contributed by atoms with Crippen LogP contribution >= 0.6 is 0 Å². The highest BCUT2D eigenvalue weighted by molar-refractivity contribution is 5.89. The van der Waals surface area contributed by atoms with Crippen molar-refractivity contribution in [3.63, 3.8) is 0 Å². The molecular formula is C21H23N7. The summed E-state index contributed by atoms with van der Waals surface area (Å²) in [7, 11) is 0. The van der Waals surface area contributed by atoms with E-state index in [0.29, 0.717) is 17.8 Å². The molecule has 28 heavy (non-hydrogen) atoms. The molecule has 7 heteroatoms. The van der Waals surface area contributed by atoms with Gasteiger partial charge in [-0.15, -0.1) is 0 Å². The Morgan fingerprint density at radius 3 is 2.68 bits per heavy atom. The normalized spacial score (nSPS) is 12.9. The van der Waals surface area contributed by atoms with Gasteiger partial charge >= 0.3 is 0 Å². The number of fused-ring (bicyclic) bond motifs is 1. The van der Waals surface area contributed by atoms with E-state index >= 15 is 0 Å². The largest absolute Gasteiger partial charge is 0.346 e. The number of aromatic nitrogens is 5. The molecule has 3 aromatic heterocycles. The molecule has 0 amide bonds. The molecule has 7 nitrogen and oxygen atoms in total. The highest BCUT2D eigenvalue weighted by atomic mass is 15.3. The van der Waals surface area contributed by atoms with Gasteiger partial charge in [0.15, 0.2) is 5.82 Å². The molecule has 0 saturated carbocycles. The summed E-state index contributed by atoms with van der Waals surface area (Å²) in [6.07, 6.45) is 7.47. The van der Waals surface area contributed by atoms with Crippen molar-refractivity contribution in [2.45, 2.75) is 32.7 Å². The van der Waals surface area contributed by atoms with E-state index in [1.807, 2.05) is 47.6 Å². The second-order valence-corrected chi connectivity index (χ2v) is 7.02. The number of H-pyrrole nitrogens is 1. The van der Waals surface area contributed by atoms with Crippen LogP contribution in [0.15, 0.2) is 60.0 Å². The molecule has 0 aliphatic carbocycles. The molecule has 4 rings (SSSR count). The lowest BCUT2D eigenvalue weighted by Gasteiger charge is -2.07. The quantitative estimate of drug-likeness (QED) is 0.467. The number of aliphatic imine (C=N–C) groups is 1. The van der Waals surface area contributed by atoms with Crippen molar-refractivity contribution in [2.75, 3.05) is 5.32 Å². The Morgan fingerprint density at radius 2 is 1.93 bits per heavy atom. The van der Waals surface area contributed by atoms with Crippen LogP contribution in [0.25, 0.3) is 11.0 Å². The Kier molecular flexibility index (Phi) is 4.89. The first-order valence-electron chi connectivity index (χ1n) is 9.35. The van der Waals surface area contributed by atoms with Crippen LogP contribution in [-0.2, 0) is 0 Å². The molecule has 0 spiro atoms. The third kappa shape index (κ3) is 3.78. The zero-order chi connectivity index (χ0) is 19.5. The molecule has 1 aromatic carbocycles. The van der Waals surface area contributed by atoms with Crippen molar-refractivity contribution in [3.05, 3.63) is 60.6 Å². The van der Waals surface area contributed by atoms with E-state index in [1.165, 1.54) is 5.56 Å². The molecule has 0 saturated heterocycles. The maximum atomic E-state index is 4.66. The molecule has 4 aromatic rings. The van der Waals surface area contributed by atoms with Crippen LogP contribution in [0.1, 0.15) is 38.3 Å². The first kappa shape index (κ1) is 17.9. The number of hydrogen-bond acceptors (Lipinski definition) is 5. The van der Waals surface area contributed by atoms with Crippen LogP contribution in [-0.4, -0.2) is 30.9 Å². The van der Waals surface area contributed by atoms with Gasteiger partial charge in [0.25, 0.3) is 0 Å². The second kappa shape index (κ2) is 7.64. The van der Waals surface area contributed by atoms with Crippen LogP contribution in [0.2, 0.25) is 0 Å². The van der Waals surface area contributed by atoms with E-state index in [4.69, 9.17) is 0 Å². The van der Waals surface area contributed by atoms with Crippen molar-refractivity contribution in [3.8, 4) is 0 Å². The standard InChI is InChI=1S/C21H23N7/c1-14(2)28-13-17(12-24-28)25-21-26-19-18(9-10-22-19)20(27-21)23-11-15(3)16-7-5-4-6-8-16/h4-15H,1-3H3,(H2,22,25,26,27). The topological polar surface area (TPSA) is 83.8 Å². The van der Waals surface area contributed by atoms with E-state index < -0.39 is 0 Å². The SMILES string of the molecule is CC(C=Nc1nc(Nc2cnn(C(C)C)c2)nc2[nH]ccc12)c1ccccc1. The minimum atomic E-state index is 0.186. The Balaban J connectivity index is 1.62. The predicted octanol–water partition coefficient (Wildman–Crippen LogP) is 4.98. The summed E-state index contributed by atoms with van der Waals surface area (Å²) in [6.45, 7) is 6.28. The van der Waals surface area contributed by atoms with Gasteiger partial charge in [-0.25, -0.2) is 4.99 Å². The zero-order valence-electron chi connectivity index (χ0n) is 16.2. The van der Waals surface area contributed by atoms with E-state index in [-0.39, 0.29) is 5.92 Å². The smallest absolute Gasteiger partial charge is 0.231 e. The summed E-state index contributed by atoms with van der Waals surface area (Å²) < 4.78 is 1.89. The van der Waals surface area contributed by atoms with Gasteiger partial charge in [-0.05, 0) is 25.5 Å². The number of aromatic amines is 1. The van der Waals surface area contributed by atoms with Crippen LogP contribution < -0.4 is 5.32 Å². The molecule has 1 unspecified atom stereocenters. The zero-order valence-corrected chi connectivity index (χ0v) is 16.2. The Bertz CT molecular complexity index is 1090. The first-order valence-corrected chi connectivity index (χ1v) is 9.35. The number of nitrogens with zero attached hydrogens (tertiary/aromatic N) is 5. The van der Waals surface area contributed by atoms with Gasteiger partial charge in [-0.1, -0.05) is 37.3 Å². The number of nitrogens with one attached hydrogen (secondary N) is 2. The molecule has 0 aliphatic heterocycles. The lowest BCUT2D eigenvalue weighted by molar-refractivity contribution is 0.532. The maximum Gasteiger partial charge on any atom is 0.231 e. The lowest BCUT2D eigenvalue weighted by Crippen LogP contribution is -2.00. The molecule has 1 atom stereocenters. The summed E-state index contributed by atoms with van der Waals surface area (Å²) in [4.78, 5) is 17.0. The third-order valence-electron chi connectivity index (χ3n) is 4.53. The molecule has 2 N–H and O–H groups in total. The van der Waals surface area contributed by atoms with Gasteiger partial charge in [0.1, 0.15) is 5.65 Å². The highest BCUT2D eigenvalue weighted by Crippen LogP contribution is 2.26. The number of benzene rings is 1. The van der Waals surface area contributed by atoms with Gasteiger partial charge in [0.05, 0.1) is 17.3 Å². The number of rotatable bonds is 6. The number of anilines is 2. The Hall–Kier alpha value is -3.48. The lowest BCUT2D eigenvalue weighted by atomic mass is 10.0. The van der Waals surface area contributed by atoms with Crippen molar-refractivity contribution < 1.29 is 0 Å². The second-order valence-electron chi connectivity index (χ2n) is 7.02. The third-order valence-corrected chi connectivity index (χ3v) is 4.53. The van der Waals surface area contributed by atoms with Crippen molar-refractivity contribution in [2.24, 2.45) is 4.99 Å². The Labute approximate surface area is 163 Å². The molecule has 0 aliphatic rings. The average Bonchev–Trinajstić information content (AvgIpc) is 3.36. The van der Waals surface area contributed by atoms with Gasteiger partial charge in [-0.3, -0.25) is 4.68 Å². The summed E-state index contributed by atoms with van der Waals surface area (Å²) in [5, 5.41) is 8.45. The van der Waals surface area contributed by atoms with E-state index in [1.54, 1.807) is 6.20 Å². The molecule has 0 radical (unpaired) electrons. The average molecular weight is 373 g/mol. The van der Waals surface area contributed by atoms with Gasteiger partial charge in [0.2, 0.25) is 5.95 Å². The van der Waals surface area contributed by atoms with Crippen molar-refractivity contribution in [1.82, 2.24) is 24.7 Å². The summed E-state index contributed by atoms with van der Waals surface area (Å²) >= 11 is 0. The predicted molar refractivity (Wildman–Crippen MR) is 113 cm³/mol. The van der Waals surface area contributed by atoms with Crippen LogP contribution in [0.3, 0.4) is 0 Å². The van der Waals surface area contributed by atoms with Gasteiger partial charge in [-0.2, -0.15) is 15.1 Å². The molecular weight excluding hydrogens is 350 g/mol. The molecule has 0 fully saturated rings. The molecule has 0 bridgehead atoms. The minimum Gasteiger partial charge on any atom is -0.346 e. The van der Waals surface area contributed by atoms with E-state index in [9.17, 15) is 0 Å². The van der Waals surface area contributed by atoms with E-state index in [2.05, 4.69) is 63.3 Å². The van der Waals surface area contributed by atoms with Crippen molar-refractivity contribution >= 4 is 34.7 Å². The van der Waals surface area contributed by atoms with E-state index in [0.717, 1.165) is 16.7 Å². The fourth-order valence-electron chi connectivity index (χ4n) is 2.92. The fourth-order valence-corrected chi connectivity index (χ4v) is 2.92. The van der Waals surface area contributed by atoms with Crippen LogP contribution in [0, 0.1) is 0 Å². The molecule has 3 heterocycles. The molecule has 142 valence electrons. The minimum absolute atomic E-state index is 0.186. The summed E-state index contributed by atoms with van der Waals surface area (Å²) in [5.41, 5.74) is 2.80. The van der Waals surface area contributed by atoms with Crippen LogP contribution in [0.4, 0.5) is 17.5 Å². The summed E-state index contributed by atoms with van der Waals surface area (Å²) in [5.74, 6) is 1.30. The van der Waals surface area contributed by atoms with Gasteiger partial charge < -0.3 is 10.3 Å².